The molecule has 4 heterocycles. The summed E-state index contributed by atoms with van der Waals surface area (Å²) in [6.45, 7) is 5.79. The molecule has 1 saturated heterocycles. The Morgan fingerprint density at radius 1 is 1.10 bits per heavy atom. The van der Waals surface area contributed by atoms with Crippen molar-refractivity contribution in [2.75, 3.05) is 32.7 Å². The van der Waals surface area contributed by atoms with Gasteiger partial charge in [-0.25, -0.2) is 9.97 Å². The Balaban J connectivity index is 1.21. The zero-order valence-corrected chi connectivity index (χ0v) is 16.9. The van der Waals surface area contributed by atoms with Gasteiger partial charge in [0, 0.05) is 56.8 Å². The highest BCUT2D eigenvalue weighted by atomic mass is 16.2. The number of aromatic nitrogens is 2. The molecule has 3 aliphatic heterocycles. The van der Waals surface area contributed by atoms with Crippen molar-refractivity contribution in [3.63, 3.8) is 0 Å². The number of carbonyl (C=O) groups excluding carboxylic acids is 1. The van der Waals surface area contributed by atoms with Gasteiger partial charge in [0.05, 0.1) is 12.2 Å². The normalized spacial score (nSPS) is 22.1. The lowest BCUT2D eigenvalue weighted by Gasteiger charge is -2.33. The zero-order valence-electron chi connectivity index (χ0n) is 16.9. The number of benzene rings is 1. The molecule has 6 nitrogen and oxygen atoms in total. The number of hydrogen-bond donors (Lipinski definition) is 1. The maximum Gasteiger partial charge on any atom is 0.237 e. The van der Waals surface area contributed by atoms with Crippen LogP contribution in [0.5, 0.6) is 0 Å². The molecule has 1 atom stereocenters. The Labute approximate surface area is 172 Å². The third-order valence-electron chi connectivity index (χ3n) is 6.54. The van der Waals surface area contributed by atoms with Gasteiger partial charge in [-0.1, -0.05) is 24.3 Å². The van der Waals surface area contributed by atoms with E-state index in [9.17, 15) is 4.79 Å². The molecule has 6 heteroatoms. The number of nitrogens with one attached hydrogen (secondary N) is 1. The summed E-state index contributed by atoms with van der Waals surface area (Å²) < 4.78 is 0. The Morgan fingerprint density at radius 2 is 2.00 bits per heavy atom. The fraction of sp³-hybridized carbons (Fsp3) is 0.522. The predicted molar refractivity (Wildman–Crippen MR) is 111 cm³/mol. The van der Waals surface area contributed by atoms with E-state index in [4.69, 9.17) is 4.98 Å². The van der Waals surface area contributed by atoms with Crippen molar-refractivity contribution in [3.8, 4) is 0 Å². The molecule has 1 aromatic carbocycles. The average molecular weight is 392 g/mol. The van der Waals surface area contributed by atoms with Gasteiger partial charge in [0.25, 0.3) is 0 Å². The van der Waals surface area contributed by atoms with Crippen molar-refractivity contribution < 1.29 is 4.79 Å². The molecule has 1 unspecified atom stereocenters. The van der Waals surface area contributed by atoms with Crippen molar-refractivity contribution in [1.29, 1.82) is 0 Å². The minimum atomic E-state index is 0.218. The van der Waals surface area contributed by atoms with Gasteiger partial charge in [-0.2, -0.15) is 0 Å². The fourth-order valence-electron chi connectivity index (χ4n) is 4.79. The van der Waals surface area contributed by atoms with Crippen LogP contribution in [0.15, 0.2) is 30.5 Å². The van der Waals surface area contributed by atoms with Crippen LogP contribution < -0.4 is 5.32 Å². The standard InChI is InChI=1S/C23H29N5O/c29-22(16-27-10-7-17-4-1-2-5-19(17)14-27)28-11-8-21-20(15-28)13-25-23(26-21)18-6-3-9-24-12-18/h1-2,4-5,13,18,24H,3,6-12,14-16H2. The second-order valence-electron chi connectivity index (χ2n) is 8.54. The summed E-state index contributed by atoms with van der Waals surface area (Å²) in [7, 11) is 0. The Bertz CT molecular complexity index is 893. The molecular weight excluding hydrogens is 362 g/mol. The molecule has 0 bridgehead atoms. The average Bonchev–Trinajstić information content (AvgIpc) is 2.79. The van der Waals surface area contributed by atoms with Crippen molar-refractivity contribution >= 4 is 5.91 Å². The van der Waals surface area contributed by atoms with E-state index in [1.165, 1.54) is 17.5 Å². The number of rotatable bonds is 3. The fourth-order valence-corrected chi connectivity index (χ4v) is 4.79. The number of hydrogen-bond acceptors (Lipinski definition) is 5. The molecule has 1 fully saturated rings. The summed E-state index contributed by atoms with van der Waals surface area (Å²) in [5.74, 6) is 1.62. The van der Waals surface area contributed by atoms with Crippen LogP contribution in [0.1, 0.15) is 47.0 Å². The van der Waals surface area contributed by atoms with E-state index >= 15 is 0 Å². The van der Waals surface area contributed by atoms with Gasteiger partial charge in [0.15, 0.2) is 0 Å². The van der Waals surface area contributed by atoms with Crippen molar-refractivity contribution in [2.24, 2.45) is 0 Å². The van der Waals surface area contributed by atoms with E-state index in [2.05, 4.69) is 39.5 Å². The Kier molecular flexibility index (Phi) is 5.29. The first-order valence-corrected chi connectivity index (χ1v) is 10.9. The van der Waals surface area contributed by atoms with Gasteiger partial charge in [-0.15, -0.1) is 0 Å². The molecular formula is C23H29N5O. The first-order chi connectivity index (χ1) is 14.3. The summed E-state index contributed by atoms with van der Waals surface area (Å²) in [5.41, 5.74) is 5.02. The zero-order chi connectivity index (χ0) is 19.6. The lowest BCUT2D eigenvalue weighted by Crippen LogP contribution is -2.44. The largest absolute Gasteiger partial charge is 0.337 e. The molecule has 1 aromatic heterocycles. The quantitative estimate of drug-likeness (QED) is 0.866. The number of piperidine rings is 1. The van der Waals surface area contributed by atoms with Gasteiger partial charge in [0.1, 0.15) is 5.82 Å². The van der Waals surface area contributed by atoms with Gasteiger partial charge in [0.2, 0.25) is 5.91 Å². The molecule has 0 saturated carbocycles. The van der Waals surface area contributed by atoms with Gasteiger partial charge in [-0.3, -0.25) is 9.69 Å². The summed E-state index contributed by atoms with van der Waals surface area (Å²) >= 11 is 0. The maximum absolute atomic E-state index is 12.9. The van der Waals surface area contributed by atoms with E-state index in [1.54, 1.807) is 0 Å². The number of nitrogens with zero attached hydrogens (tertiary/aromatic N) is 4. The van der Waals surface area contributed by atoms with Crippen LogP contribution in [0.2, 0.25) is 0 Å². The smallest absolute Gasteiger partial charge is 0.237 e. The lowest BCUT2D eigenvalue weighted by atomic mass is 9.98. The summed E-state index contributed by atoms with van der Waals surface area (Å²) in [6.07, 6.45) is 6.17. The van der Waals surface area contributed by atoms with Gasteiger partial charge < -0.3 is 10.2 Å². The summed E-state index contributed by atoms with van der Waals surface area (Å²) in [5, 5.41) is 3.44. The van der Waals surface area contributed by atoms with Crippen LogP contribution in [0, 0.1) is 0 Å². The Hall–Kier alpha value is -2.31. The van der Waals surface area contributed by atoms with E-state index in [1.807, 2.05) is 11.1 Å². The summed E-state index contributed by atoms with van der Waals surface area (Å²) in [4.78, 5) is 26.7. The lowest BCUT2D eigenvalue weighted by molar-refractivity contribution is -0.133. The minimum absolute atomic E-state index is 0.218. The second-order valence-corrected chi connectivity index (χ2v) is 8.54. The van der Waals surface area contributed by atoms with Gasteiger partial charge >= 0.3 is 0 Å². The monoisotopic (exact) mass is 391 g/mol. The van der Waals surface area contributed by atoms with Crippen molar-refractivity contribution in [1.82, 2.24) is 25.1 Å². The number of amides is 1. The van der Waals surface area contributed by atoms with Crippen molar-refractivity contribution in [2.45, 2.75) is 44.7 Å². The number of carbonyl (C=O) groups is 1. The van der Waals surface area contributed by atoms with Crippen LogP contribution in [-0.2, 0) is 30.7 Å². The highest BCUT2D eigenvalue weighted by Gasteiger charge is 2.26. The molecule has 3 aliphatic rings. The molecule has 2 aromatic rings. The molecule has 0 spiro atoms. The molecule has 5 rings (SSSR count). The van der Waals surface area contributed by atoms with Crippen LogP contribution in [0.3, 0.4) is 0 Å². The molecule has 0 radical (unpaired) electrons. The maximum atomic E-state index is 12.9. The highest BCUT2D eigenvalue weighted by Crippen LogP contribution is 2.24. The van der Waals surface area contributed by atoms with Crippen LogP contribution in [0.4, 0.5) is 0 Å². The van der Waals surface area contributed by atoms with Crippen LogP contribution in [0.25, 0.3) is 0 Å². The summed E-state index contributed by atoms with van der Waals surface area (Å²) in [6, 6.07) is 8.57. The van der Waals surface area contributed by atoms with Crippen molar-refractivity contribution in [3.05, 3.63) is 58.7 Å². The van der Waals surface area contributed by atoms with E-state index < -0.39 is 0 Å². The third-order valence-corrected chi connectivity index (χ3v) is 6.54. The molecule has 29 heavy (non-hydrogen) atoms. The number of fused-ring (bicyclic) bond motifs is 2. The third kappa shape index (κ3) is 4.05. The molecule has 1 N–H and O–H groups in total. The first kappa shape index (κ1) is 18.7. The first-order valence-electron chi connectivity index (χ1n) is 10.9. The molecule has 0 aliphatic carbocycles. The van der Waals surface area contributed by atoms with Crippen LogP contribution >= 0.6 is 0 Å². The predicted octanol–water partition coefficient (Wildman–Crippen LogP) is 1.89. The Morgan fingerprint density at radius 3 is 2.86 bits per heavy atom. The highest BCUT2D eigenvalue weighted by molar-refractivity contribution is 5.78. The van der Waals surface area contributed by atoms with E-state index in [0.717, 1.165) is 69.1 Å². The van der Waals surface area contributed by atoms with E-state index in [0.29, 0.717) is 19.0 Å². The topological polar surface area (TPSA) is 61.4 Å². The SMILES string of the molecule is O=C(CN1CCc2ccccc2C1)N1CCc2nc(C3CCCNC3)ncc2C1. The van der Waals surface area contributed by atoms with Gasteiger partial charge in [-0.05, 0) is 36.9 Å². The van der Waals surface area contributed by atoms with E-state index in [-0.39, 0.29) is 5.91 Å². The minimum Gasteiger partial charge on any atom is -0.337 e. The molecule has 152 valence electrons. The molecule has 1 amide bonds. The second kappa shape index (κ2) is 8.20. The van der Waals surface area contributed by atoms with Crippen LogP contribution in [-0.4, -0.2) is 58.4 Å².